The summed E-state index contributed by atoms with van der Waals surface area (Å²) in [5.74, 6) is -1.78. The van der Waals surface area contributed by atoms with E-state index in [4.69, 9.17) is 4.74 Å². The Balaban J connectivity index is 1.96. The van der Waals surface area contributed by atoms with Gasteiger partial charge in [0, 0.05) is 35.5 Å². The van der Waals surface area contributed by atoms with E-state index in [2.05, 4.69) is 10.3 Å². The van der Waals surface area contributed by atoms with Crippen molar-refractivity contribution >= 4 is 30.9 Å². The average molecular weight is 450 g/mol. The standard InChI is InChI=1S/C21H25F2N3O4Si/c1-5-31(3,4)19-14(22)10-12(11-15(19)23)24-20(27)18-13-6-7-17(30-2)25-16(13)8-9-26(18)21(28)29/h6-7,10-11,18H,5,8-9H2,1-4H3,(H,24,27)(H,28,29). The zero-order chi connectivity index (χ0) is 22.9. The third-order valence-corrected chi connectivity index (χ3v) is 9.35. The molecule has 0 bridgehead atoms. The van der Waals surface area contributed by atoms with E-state index in [-0.39, 0.29) is 17.4 Å². The van der Waals surface area contributed by atoms with Crippen molar-refractivity contribution in [3.05, 3.63) is 47.2 Å². The molecule has 2 aromatic rings. The van der Waals surface area contributed by atoms with Crippen molar-refractivity contribution in [1.29, 1.82) is 0 Å². The van der Waals surface area contributed by atoms with Crippen LogP contribution in [0.4, 0.5) is 19.3 Å². The summed E-state index contributed by atoms with van der Waals surface area (Å²) in [6.07, 6.45) is -0.956. The number of aromatic nitrogens is 1. The Kier molecular flexibility index (Phi) is 6.30. The van der Waals surface area contributed by atoms with Gasteiger partial charge in [-0.1, -0.05) is 26.1 Å². The minimum atomic E-state index is -2.29. The number of carboxylic acid groups (broad SMARTS) is 1. The first kappa shape index (κ1) is 22.7. The number of fused-ring (bicyclic) bond motifs is 1. The van der Waals surface area contributed by atoms with E-state index in [9.17, 15) is 23.5 Å². The highest BCUT2D eigenvalue weighted by atomic mass is 28.3. The van der Waals surface area contributed by atoms with Gasteiger partial charge >= 0.3 is 6.09 Å². The van der Waals surface area contributed by atoms with E-state index < -0.39 is 37.8 Å². The zero-order valence-corrected chi connectivity index (χ0v) is 18.8. The van der Waals surface area contributed by atoms with Gasteiger partial charge in [0.05, 0.1) is 20.9 Å². The van der Waals surface area contributed by atoms with Crippen molar-refractivity contribution in [2.24, 2.45) is 0 Å². The molecule has 1 aliphatic heterocycles. The zero-order valence-electron chi connectivity index (χ0n) is 17.8. The van der Waals surface area contributed by atoms with Crippen LogP contribution in [0.15, 0.2) is 24.3 Å². The smallest absolute Gasteiger partial charge is 0.408 e. The number of pyridine rings is 1. The first-order chi connectivity index (χ1) is 14.6. The molecule has 1 aromatic heterocycles. The number of methoxy groups -OCH3 is 1. The monoisotopic (exact) mass is 449 g/mol. The largest absolute Gasteiger partial charge is 0.481 e. The Morgan fingerprint density at radius 1 is 1.29 bits per heavy atom. The van der Waals surface area contributed by atoms with Crippen LogP contribution in [-0.2, 0) is 11.2 Å². The summed E-state index contributed by atoms with van der Waals surface area (Å²) in [6.45, 7) is 5.69. The molecular weight excluding hydrogens is 424 g/mol. The van der Waals surface area contributed by atoms with Crippen LogP contribution in [0.1, 0.15) is 24.2 Å². The lowest BCUT2D eigenvalue weighted by Crippen LogP contribution is -2.46. The number of nitrogens with zero attached hydrogens (tertiary/aromatic N) is 2. The third-order valence-electron chi connectivity index (χ3n) is 5.75. The van der Waals surface area contributed by atoms with Crippen molar-refractivity contribution in [1.82, 2.24) is 9.88 Å². The first-order valence-corrected chi connectivity index (χ1v) is 13.1. The molecule has 31 heavy (non-hydrogen) atoms. The molecule has 2 amide bonds. The maximum Gasteiger partial charge on any atom is 0.408 e. The van der Waals surface area contributed by atoms with Gasteiger partial charge in [0.2, 0.25) is 5.88 Å². The second-order valence-electron chi connectivity index (χ2n) is 8.06. The Bertz CT molecular complexity index is 1010. The maximum absolute atomic E-state index is 14.7. The molecule has 2 N–H and O–H groups in total. The molecule has 0 saturated heterocycles. The summed E-state index contributed by atoms with van der Waals surface area (Å²) in [5, 5.41) is 12.1. The number of carbonyl (C=O) groups excluding carboxylic acids is 1. The van der Waals surface area contributed by atoms with Gasteiger partial charge in [-0.05, 0) is 18.2 Å². The number of halogens is 2. The fraction of sp³-hybridized carbons (Fsp3) is 0.381. The summed E-state index contributed by atoms with van der Waals surface area (Å²) in [5.41, 5.74) is 0.882. The van der Waals surface area contributed by atoms with Gasteiger partial charge in [-0.2, -0.15) is 0 Å². The van der Waals surface area contributed by atoms with Crippen molar-refractivity contribution < 1.29 is 28.2 Å². The van der Waals surface area contributed by atoms with E-state index in [0.29, 0.717) is 29.6 Å². The van der Waals surface area contributed by atoms with Crippen LogP contribution >= 0.6 is 0 Å². The fourth-order valence-electron chi connectivity index (χ4n) is 3.75. The predicted octanol–water partition coefficient (Wildman–Crippen LogP) is 3.52. The van der Waals surface area contributed by atoms with E-state index in [1.54, 1.807) is 6.07 Å². The van der Waals surface area contributed by atoms with E-state index in [1.165, 1.54) is 13.2 Å². The highest BCUT2D eigenvalue weighted by molar-refractivity contribution is 6.89. The minimum Gasteiger partial charge on any atom is -0.481 e. The molecule has 1 aliphatic rings. The van der Waals surface area contributed by atoms with E-state index in [1.807, 2.05) is 20.0 Å². The van der Waals surface area contributed by atoms with Crippen LogP contribution < -0.4 is 15.2 Å². The number of benzene rings is 1. The maximum atomic E-state index is 14.7. The highest BCUT2D eigenvalue weighted by Gasteiger charge is 2.37. The number of hydrogen-bond donors (Lipinski definition) is 2. The Morgan fingerprint density at radius 2 is 1.94 bits per heavy atom. The number of amides is 2. The van der Waals surface area contributed by atoms with Gasteiger partial charge in [0.15, 0.2) is 0 Å². The lowest BCUT2D eigenvalue weighted by molar-refractivity contribution is -0.121. The molecule has 0 radical (unpaired) electrons. The van der Waals surface area contributed by atoms with Crippen molar-refractivity contribution in [2.75, 3.05) is 19.0 Å². The number of carbonyl (C=O) groups is 2. The lowest BCUT2D eigenvalue weighted by atomic mass is 9.96. The van der Waals surface area contributed by atoms with Crippen LogP contribution in [-0.4, -0.2) is 48.7 Å². The molecular formula is C21H25F2N3O4Si. The van der Waals surface area contributed by atoms with Gasteiger partial charge in [-0.15, -0.1) is 0 Å². The normalized spacial score (nSPS) is 15.9. The molecule has 10 heteroatoms. The first-order valence-electron chi connectivity index (χ1n) is 9.92. The Labute approximate surface area is 180 Å². The second kappa shape index (κ2) is 8.62. The number of rotatable bonds is 5. The van der Waals surface area contributed by atoms with Crippen LogP contribution in [0.5, 0.6) is 5.88 Å². The Hall–Kier alpha value is -3.01. The van der Waals surface area contributed by atoms with Gasteiger partial charge < -0.3 is 15.2 Å². The predicted molar refractivity (Wildman–Crippen MR) is 115 cm³/mol. The van der Waals surface area contributed by atoms with Gasteiger partial charge in [0.25, 0.3) is 5.91 Å². The summed E-state index contributed by atoms with van der Waals surface area (Å²) in [6, 6.07) is 4.75. The average Bonchev–Trinajstić information content (AvgIpc) is 2.71. The minimum absolute atomic E-state index is 0.0541. The van der Waals surface area contributed by atoms with Crippen molar-refractivity contribution in [3.8, 4) is 5.88 Å². The van der Waals surface area contributed by atoms with Crippen LogP contribution in [0.2, 0.25) is 19.1 Å². The summed E-state index contributed by atoms with van der Waals surface area (Å²) >= 11 is 0. The fourth-order valence-corrected chi connectivity index (χ4v) is 5.54. The van der Waals surface area contributed by atoms with E-state index >= 15 is 0 Å². The summed E-state index contributed by atoms with van der Waals surface area (Å²) in [4.78, 5) is 30.1. The highest BCUT2D eigenvalue weighted by Crippen LogP contribution is 2.31. The molecule has 0 spiro atoms. The molecule has 3 rings (SSSR count). The molecule has 0 fully saturated rings. The van der Waals surface area contributed by atoms with Crippen LogP contribution in [0.3, 0.4) is 0 Å². The topological polar surface area (TPSA) is 91.8 Å². The molecule has 0 aliphatic carbocycles. The summed E-state index contributed by atoms with van der Waals surface area (Å²) in [7, 11) is -0.830. The molecule has 0 saturated carbocycles. The molecule has 7 nitrogen and oxygen atoms in total. The van der Waals surface area contributed by atoms with Gasteiger partial charge in [-0.3, -0.25) is 9.69 Å². The quantitative estimate of drug-likeness (QED) is 0.682. The molecule has 1 unspecified atom stereocenters. The number of anilines is 1. The van der Waals surface area contributed by atoms with Gasteiger partial charge in [0.1, 0.15) is 17.7 Å². The molecule has 2 heterocycles. The van der Waals surface area contributed by atoms with Crippen molar-refractivity contribution in [3.63, 3.8) is 0 Å². The third kappa shape index (κ3) is 4.39. The van der Waals surface area contributed by atoms with Gasteiger partial charge in [-0.25, -0.2) is 18.6 Å². The summed E-state index contributed by atoms with van der Waals surface area (Å²) < 4.78 is 34.6. The lowest BCUT2D eigenvalue weighted by Gasteiger charge is -2.33. The SMILES string of the molecule is CC[Si](C)(C)c1c(F)cc(NC(=O)C2c3ccc(OC)nc3CCN2C(=O)O)cc1F. The number of ether oxygens (including phenoxy) is 1. The second-order valence-corrected chi connectivity index (χ2v) is 13.0. The number of hydrogen-bond acceptors (Lipinski definition) is 4. The van der Waals surface area contributed by atoms with E-state index in [0.717, 1.165) is 17.0 Å². The van der Waals surface area contributed by atoms with Crippen LogP contribution in [0.25, 0.3) is 0 Å². The Morgan fingerprint density at radius 3 is 2.48 bits per heavy atom. The molecule has 1 aromatic carbocycles. The van der Waals surface area contributed by atoms with Crippen LogP contribution in [0, 0.1) is 11.6 Å². The number of nitrogens with one attached hydrogen (secondary N) is 1. The molecule has 1 atom stereocenters. The van der Waals surface area contributed by atoms with Crippen molar-refractivity contribution in [2.45, 2.75) is 38.5 Å². The molecule has 166 valence electrons.